The van der Waals surface area contributed by atoms with Crippen LogP contribution in [0.3, 0.4) is 0 Å². The van der Waals surface area contributed by atoms with Crippen LogP contribution < -0.4 is 10.6 Å². The van der Waals surface area contributed by atoms with E-state index in [0.717, 1.165) is 19.0 Å². The average Bonchev–Trinajstić information content (AvgIpc) is 3.40. The normalized spacial score (nSPS) is 15.9. The Labute approximate surface area is 189 Å². The van der Waals surface area contributed by atoms with Crippen LogP contribution in [-0.2, 0) is 17.9 Å². The van der Waals surface area contributed by atoms with Crippen LogP contribution in [0.25, 0.3) is 0 Å². The summed E-state index contributed by atoms with van der Waals surface area (Å²) < 4.78 is 5.22. The molecule has 2 aromatic rings. The van der Waals surface area contributed by atoms with Crippen molar-refractivity contribution in [3.05, 3.63) is 57.8 Å². The van der Waals surface area contributed by atoms with Crippen LogP contribution in [0, 0.1) is 0 Å². The molecule has 0 radical (unpaired) electrons. The van der Waals surface area contributed by atoms with Crippen molar-refractivity contribution >= 4 is 41.3 Å². The van der Waals surface area contributed by atoms with E-state index in [2.05, 4.69) is 62.3 Å². The van der Waals surface area contributed by atoms with Crippen molar-refractivity contribution in [2.24, 2.45) is 4.99 Å². The summed E-state index contributed by atoms with van der Waals surface area (Å²) >= 11 is 1.84. The van der Waals surface area contributed by atoms with Gasteiger partial charge in [0.2, 0.25) is 0 Å². The fourth-order valence-electron chi connectivity index (χ4n) is 3.54. The van der Waals surface area contributed by atoms with Crippen LogP contribution in [0.15, 0.2) is 46.8 Å². The van der Waals surface area contributed by atoms with Crippen molar-refractivity contribution in [2.45, 2.75) is 32.0 Å². The highest BCUT2D eigenvalue weighted by molar-refractivity contribution is 14.0. The second-order valence-electron chi connectivity index (χ2n) is 6.83. The number of halogens is 1. The molecule has 0 amide bonds. The molecule has 1 aromatic carbocycles. The van der Waals surface area contributed by atoms with E-state index in [0.29, 0.717) is 12.6 Å². The third kappa shape index (κ3) is 6.72. The van der Waals surface area contributed by atoms with Crippen LogP contribution in [-0.4, -0.2) is 44.7 Å². The fraction of sp³-hybridized carbons (Fsp3) is 0.476. The van der Waals surface area contributed by atoms with Gasteiger partial charge in [-0.2, -0.15) is 0 Å². The van der Waals surface area contributed by atoms with Crippen LogP contribution >= 0.6 is 35.3 Å². The van der Waals surface area contributed by atoms with E-state index >= 15 is 0 Å². The van der Waals surface area contributed by atoms with Gasteiger partial charge < -0.3 is 15.4 Å². The Morgan fingerprint density at radius 2 is 1.96 bits per heavy atom. The van der Waals surface area contributed by atoms with Crippen LogP contribution in [0.5, 0.6) is 0 Å². The zero-order chi connectivity index (χ0) is 18.9. The molecule has 1 aliphatic heterocycles. The molecule has 5 nitrogen and oxygen atoms in total. The predicted octanol–water partition coefficient (Wildman–Crippen LogP) is 4.01. The highest BCUT2D eigenvalue weighted by Gasteiger charge is 2.24. The summed E-state index contributed by atoms with van der Waals surface area (Å²) in [5.41, 5.74) is 2.41. The number of hydrogen-bond donors (Lipinski definition) is 2. The van der Waals surface area contributed by atoms with Gasteiger partial charge in [0, 0.05) is 32.1 Å². The van der Waals surface area contributed by atoms with Crippen LogP contribution in [0.4, 0.5) is 0 Å². The number of benzene rings is 1. The number of aliphatic imine (C=N–C) groups is 1. The molecule has 154 valence electrons. The zero-order valence-electron chi connectivity index (χ0n) is 16.7. The second kappa shape index (κ2) is 12.4. The van der Waals surface area contributed by atoms with Crippen molar-refractivity contribution in [1.82, 2.24) is 15.5 Å². The summed E-state index contributed by atoms with van der Waals surface area (Å²) in [6, 6.07) is 13.2. The minimum Gasteiger partial charge on any atom is -0.380 e. The Kier molecular flexibility index (Phi) is 10.3. The summed E-state index contributed by atoms with van der Waals surface area (Å²) in [6.07, 6.45) is 2.60. The van der Waals surface area contributed by atoms with Gasteiger partial charge in [0.05, 0.1) is 12.6 Å². The smallest absolute Gasteiger partial charge is 0.191 e. The maximum atomic E-state index is 5.22. The zero-order valence-corrected chi connectivity index (χ0v) is 19.8. The summed E-state index contributed by atoms with van der Waals surface area (Å²) in [7, 11) is 3.55. The quantitative estimate of drug-likeness (QED) is 0.318. The number of guanidine groups is 1. The molecule has 3 rings (SSSR count). The second-order valence-corrected chi connectivity index (χ2v) is 7.81. The number of hydrogen-bond acceptors (Lipinski definition) is 4. The maximum absolute atomic E-state index is 5.22. The average molecular weight is 514 g/mol. The number of methoxy groups -OCH3 is 1. The maximum Gasteiger partial charge on any atom is 0.191 e. The Hall–Kier alpha value is -1.16. The largest absolute Gasteiger partial charge is 0.380 e. The van der Waals surface area contributed by atoms with Gasteiger partial charge in [-0.25, -0.2) is 0 Å². The fourth-order valence-corrected chi connectivity index (χ4v) is 4.40. The molecule has 28 heavy (non-hydrogen) atoms. The van der Waals surface area contributed by atoms with E-state index in [4.69, 9.17) is 4.74 Å². The van der Waals surface area contributed by atoms with Gasteiger partial charge in [0.1, 0.15) is 0 Å². The predicted molar refractivity (Wildman–Crippen MR) is 129 cm³/mol. The lowest BCUT2D eigenvalue weighted by Gasteiger charge is -2.27. The Morgan fingerprint density at radius 1 is 1.18 bits per heavy atom. The lowest BCUT2D eigenvalue weighted by molar-refractivity contribution is 0.185. The molecule has 0 spiro atoms. The molecule has 2 N–H and O–H groups in total. The van der Waals surface area contributed by atoms with Crippen molar-refractivity contribution in [2.75, 3.05) is 33.8 Å². The summed E-state index contributed by atoms with van der Waals surface area (Å²) in [5.74, 6) is 0.841. The Balaban J connectivity index is 0.00000280. The molecule has 2 heterocycles. The topological polar surface area (TPSA) is 48.9 Å². The van der Waals surface area contributed by atoms with Crippen LogP contribution in [0.1, 0.15) is 34.9 Å². The minimum atomic E-state index is 0. The van der Waals surface area contributed by atoms with E-state index in [1.54, 1.807) is 7.11 Å². The molecule has 1 saturated heterocycles. The molecular weight excluding hydrogens is 483 g/mol. The molecule has 0 saturated carbocycles. The molecule has 0 bridgehead atoms. The van der Waals surface area contributed by atoms with E-state index in [-0.39, 0.29) is 24.0 Å². The van der Waals surface area contributed by atoms with E-state index in [9.17, 15) is 0 Å². The van der Waals surface area contributed by atoms with Crippen molar-refractivity contribution in [3.63, 3.8) is 0 Å². The van der Waals surface area contributed by atoms with Crippen molar-refractivity contribution < 1.29 is 4.74 Å². The first-order valence-corrected chi connectivity index (χ1v) is 10.5. The standard InChI is InChI=1S/C21H30N4OS.HI/c1-22-21(23-14-17-7-5-8-18(13-17)16-26-2)24-15-19(20-9-6-12-27-20)25-10-3-4-11-25;/h5-9,12-13,19H,3-4,10-11,14-16H2,1-2H3,(H2,22,23,24);1H. The third-order valence-corrected chi connectivity index (χ3v) is 5.88. The highest BCUT2D eigenvalue weighted by atomic mass is 127. The molecule has 1 unspecified atom stereocenters. The molecule has 1 aromatic heterocycles. The number of rotatable bonds is 8. The number of ether oxygens (including phenoxy) is 1. The number of nitrogens with one attached hydrogen (secondary N) is 2. The lowest BCUT2D eigenvalue weighted by atomic mass is 10.1. The van der Waals surface area contributed by atoms with Crippen LogP contribution in [0.2, 0.25) is 0 Å². The van der Waals surface area contributed by atoms with E-state index in [1.807, 2.05) is 18.4 Å². The van der Waals surface area contributed by atoms with Gasteiger partial charge in [0.15, 0.2) is 5.96 Å². The molecule has 1 aliphatic rings. The Bertz CT molecular complexity index is 717. The van der Waals surface area contributed by atoms with E-state index < -0.39 is 0 Å². The van der Waals surface area contributed by atoms with Crippen molar-refractivity contribution in [1.29, 1.82) is 0 Å². The first-order valence-electron chi connectivity index (χ1n) is 9.59. The third-order valence-electron chi connectivity index (χ3n) is 4.90. The summed E-state index contributed by atoms with van der Waals surface area (Å²) in [5, 5.41) is 9.12. The first-order chi connectivity index (χ1) is 13.3. The first kappa shape index (κ1) is 23.1. The van der Waals surface area contributed by atoms with Gasteiger partial charge in [-0.15, -0.1) is 35.3 Å². The monoisotopic (exact) mass is 514 g/mol. The highest BCUT2D eigenvalue weighted by Crippen LogP contribution is 2.27. The number of thiophene rings is 1. The summed E-state index contributed by atoms with van der Waals surface area (Å²) in [6.45, 7) is 4.61. The van der Waals surface area contributed by atoms with Gasteiger partial charge in [0.25, 0.3) is 0 Å². The van der Waals surface area contributed by atoms with Gasteiger partial charge in [-0.3, -0.25) is 9.89 Å². The molecular formula is C21H31IN4OS. The van der Waals surface area contributed by atoms with E-state index in [1.165, 1.54) is 41.9 Å². The van der Waals surface area contributed by atoms with Gasteiger partial charge in [-0.1, -0.05) is 30.3 Å². The molecule has 7 heteroatoms. The molecule has 1 fully saturated rings. The van der Waals surface area contributed by atoms with Crippen molar-refractivity contribution in [3.8, 4) is 0 Å². The minimum absolute atomic E-state index is 0. The lowest BCUT2D eigenvalue weighted by Crippen LogP contribution is -2.42. The molecule has 0 aliphatic carbocycles. The summed E-state index contributed by atoms with van der Waals surface area (Å²) in [4.78, 5) is 8.40. The number of nitrogens with zero attached hydrogens (tertiary/aromatic N) is 2. The Morgan fingerprint density at radius 3 is 2.64 bits per heavy atom. The molecule has 1 atom stereocenters. The SMILES string of the molecule is CN=C(NCc1cccc(COC)c1)NCC(c1cccs1)N1CCCC1.I. The van der Waals surface area contributed by atoms with Gasteiger partial charge >= 0.3 is 0 Å². The van der Waals surface area contributed by atoms with Gasteiger partial charge in [-0.05, 0) is 48.5 Å². The number of likely N-dealkylation sites (tertiary alicyclic amines) is 1.